The van der Waals surface area contributed by atoms with Gasteiger partial charge in [0.2, 0.25) is 11.9 Å². The van der Waals surface area contributed by atoms with Crippen molar-refractivity contribution < 1.29 is 0 Å². The number of aromatic nitrogens is 5. The second-order valence-corrected chi connectivity index (χ2v) is 5.93. The summed E-state index contributed by atoms with van der Waals surface area (Å²) in [6.45, 7) is 1.93. The highest BCUT2D eigenvalue weighted by atomic mass is 35.5. The summed E-state index contributed by atoms with van der Waals surface area (Å²) in [7, 11) is 0. The van der Waals surface area contributed by atoms with Crippen LogP contribution in [0.1, 0.15) is 11.4 Å². The maximum atomic E-state index is 12.1. The van der Waals surface area contributed by atoms with Gasteiger partial charge in [0.25, 0.3) is 5.56 Å². The van der Waals surface area contributed by atoms with Crippen LogP contribution in [0.2, 0.25) is 10.0 Å². The molecule has 0 bridgehead atoms. The SMILES string of the molecule is Cc1ccccc1Nc1nc(N)nc(Cn2ncc(Cl)c(Cl)c2=O)n1. The van der Waals surface area contributed by atoms with Gasteiger partial charge in [0, 0.05) is 5.69 Å². The van der Waals surface area contributed by atoms with E-state index in [4.69, 9.17) is 28.9 Å². The summed E-state index contributed by atoms with van der Waals surface area (Å²) < 4.78 is 1.10. The lowest BCUT2D eigenvalue weighted by Crippen LogP contribution is -2.25. The number of halogens is 2. The fraction of sp³-hybridized carbons (Fsp3) is 0.133. The lowest BCUT2D eigenvalue weighted by atomic mass is 10.2. The predicted molar refractivity (Wildman–Crippen MR) is 96.3 cm³/mol. The second-order valence-electron chi connectivity index (χ2n) is 5.14. The van der Waals surface area contributed by atoms with Crippen LogP contribution in [0.25, 0.3) is 0 Å². The van der Waals surface area contributed by atoms with Gasteiger partial charge in [-0.15, -0.1) is 0 Å². The number of nitrogen functional groups attached to an aromatic ring is 1. The Bertz CT molecular complexity index is 990. The molecule has 0 spiro atoms. The van der Waals surface area contributed by atoms with Crippen LogP contribution in [0.15, 0.2) is 35.3 Å². The first-order chi connectivity index (χ1) is 11.9. The van der Waals surface area contributed by atoms with Crippen LogP contribution >= 0.6 is 23.2 Å². The Morgan fingerprint density at radius 3 is 2.72 bits per heavy atom. The Kier molecular flexibility index (Phi) is 4.82. The quantitative estimate of drug-likeness (QED) is 0.717. The minimum atomic E-state index is -0.540. The van der Waals surface area contributed by atoms with Crippen molar-refractivity contribution in [3.05, 3.63) is 62.2 Å². The maximum absolute atomic E-state index is 12.1. The smallest absolute Gasteiger partial charge is 0.287 e. The summed E-state index contributed by atoms with van der Waals surface area (Å²) in [6.07, 6.45) is 1.28. The summed E-state index contributed by atoms with van der Waals surface area (Å²) in [6, 6.07) is 7.66. The van der Waals surface area contributed by atoms with Gasteiger partial charge in [-0.2, -0.15) is 20.1 Å². The monoisotopic (exact) mass is 377 g/mol. The average Bonchev–Trinajstić information content (AvgIpc) is 2.57. The molecule has 0 atom stereocenters. The zero-order valence-corrected chi connectivity index (χ0v) is 14.6. The van der Waals surface area contributed by atoms with Crippen LogP contribution in [0.5, 0.6) is 0 Å². The topological polar surface area (TPSA) is 112 Å². The number of hydrogen-bond donors (Lipinski definition) is 2. The number of anilines is 3. The molecule has 0 radical (unpaired) electrons. The first-order valence-electron chi connectivity index (χ1n) is 7.18. The van der Waals surface area contributed by atoms with Crippen LogP contribution in [-0.4, -0.2) is 24.7 Å². The standard InChI is InChI=1S/C15H13Cl2N7O/c1-8-4-2-3-5-10(8)20-15-22-11(21-14(18)23-15)7-24-13(25)12(17)9(16)6-19-24/h2-6H,7H2,1H3,(H3,18,20,21,22,23). The number of benzene rings is 1. The molecule has 1 aromatic carbocycles. The van der Waals surface area contributed by atoms with Crippen molar-refractivity contribution in [2.24, 2.45) is 0 Å². The molecule has 10 heteroatoms. The number of aryl methyl sites for hydroxylation is 1. The molecule has 0 saturated heterocycles. The van der Waals surface area contributed by atoms with Crippen molar-refractivity contribution in [3.63, 3.8) is 0 Å². The molecular formula is C15H13Cl2N7O. The average molecular weight is 378 g/mol. The highest BCUT2D eigenvalue weighted by molar-refractivity contribution is 6.41. The molecule has 128 valence electrons. The molecule has 0 aliphatic heterocycles. The first kappa shape index (κ1) is 17.1. The van der Waals surface area contributed by atoms with Crippen molar-refractivity contribution in [1.82, 2.24) is 24.7 Å². The zero-order valence-electron chi connectivity index (χ0n) is 13.1. The normalized spacial score (nSPS) is 10.7. The molecule has 0 unspecified atom stereocenters. The fourth-order valence-electron chi connectivity index (χ4n) is 2.09. The van der Waals surface area contributed by atoms with E-state index in [1.54, 1.807) is 0 Å². The predicted octanol–water partition coefficient (Wildman–Crippen LogP) is 2.42. The molecule has 0 saturated carbocycles. The van der Waals surface area contributed by atoms with E-state index in [2.05, 4.69) is 25.4 Å². The van der Waals surface area contributed by atoms with Crippen LogP contribution in [-0.2, 0) is 6.54 Å². The molecule has 0 aliphatic carbocycles. The molecule has 0 amide bonds. The van der Waals surface area contributed by atoms with Gasteiger partial charge in [0.1, 0.15) is 11.6 Å². The number of nitrogens with one attached hydrogen (secondary N) is 1. The van der Waals surface area contributed by atoms with Gasteiger partial charge in [-0.3, -0.25) is 4.79 Å². The van der Waals surface area contributed by atoms with Gasteiger partial charge in [-0.1, -0.05) is 41.4 Å². The molecule has 3 rings (SSSR count). The van der Waals surface area contributed by atoms with E-state index in [0.717, 1.165) is 15.9 Å². The van der Waals surface area contributed by atoms with Crippen LogP contribution < -0.4 is 16.6 Å². The van der Waals surface area contributed by atoms with Crippen molar-refractivity contribution in [2.75, 3.05) is 11.1 Å². The summed E-state index contributed by atoms with van der Waals surface area (Å²) >= 11 is 11.6. The Hall–Kier alpha value is -2.71. The van der Waals surface area contributed by atoms with Crippen LogP contribution in [0.3, 0.4) is 0 Å². The highest BCUT2D eigenvalue weighted by Crippen LogP contribution is 2.18. The zero-order chi connectivity index (χ0) is 18.0. The van der Waals surface area contributed by atoms with E-state index in [0.29, 0.717) is 0 Å². The number of para-hydroxylation sites is 1. The fourth-order valence-corrected chi connectivity index (χ4v) is 2.36. The van der Waals surface area contributed by atoms with Gasteiger partial charge >= 0.3 is 0 Å². The molecule has 2 aromatic heterocycles. The van der Waals surface area contributed by atoms with Gasteiger partial charge < -0.3 is 11.1 Å². The number of nitrogens with two attached hydrogens (primary N) is 1. The summed E-state index contributed by atoms with van der Waals surface area (Å²) in [5.74, 6) is 0.552. The molecule has 3 aromatic rings. The summed E-state index contributed by atoms with van der Waals surface area (Å²) in [4.78, 5) is 24.4. The van der Waals surface area contributed by atoms with E-state index >= 15 is 0 Å². The van der Waals surface area contributed by atoms with E-state index < -0.39 is 5.56 Å². The Balaban J connectivity index is 1.91. The van der Waals surface area contributed by atoms with Gasteiger partial charge in [-0.05, 0) is 18.6 Å². The number of rotatable bonds is 4. The van der Waals surface area contributed by atoms with E-state index in [1.165, 1.54) is 6.20 Å². The van der Waals surface area contributed by atoms with Gasteiger partial charge in [0.05, 0.1) is 11.2 Å². The Morgan fingerprint density at radius 1 is 1.20 bits per heavy atom. The minimum absolute atomic E-state index is 0.0224. The lowest BCUT2D eigenvalue weighted by Gasteiger charge is -2.10. The third-order valence-corrected chi connectivity index (χ3v) is 4.07. The number of nitrogens with zero attached hydrogens (tertiary/aromatic N) is 5. The van der Waals surface area contributed by atoms with Crippen molar-refractivity contribution in [2.45, 2.75) is 13.5 Å². The molecule has 0 aliphatic rings. The third-order valence-electron chi connectivity index (χ3n) is 3.32. The number of hydrogen-bond acceptors (Lipinski definition) is 7. The largest absolute Gasteiger partial charge is 0.368 e. The Labute approximate surface area is 152 Å². The molecule has 25 heavy (non-hydrogen) atoms. The molecule has 0 fully saturated rings. The summed E-state index contributed by atoms with van der Waals surface area (Å²) in [5, 5.41) is 6.96. The minimum Gasteiger partial charge on any atom is -0.368 e. The van der Waals surface area contributed by atoms with E-state index in [-0.39, 0.29) is 34.3 Å². The molecule has 8 nitrogen and oxygen atoms in total. The highest BCUT2D eigenvalue weighted by Gasteiger charge is 2.11. The summed E-state index contributed by atoms with van der Waals surface area (Å²) in [5.41, 5.74) is 7.06. The molecular weight excluding hydrogens is 365 g/mol. The van der Waals surface area contributed by atoms with E-state index in [1.807, 2.05) is 31.2 Å². The van der Waals surface area contributed by atoms with Crippen LogP contribution in [0.4, 0.5) is 17.6 Å². The third kappa shape index (κ3) is 3.86. The Morgan fingerprint density at radius 2 is 1.96 bits per heavy atom. The van der Waals surface area contributed by atoms with Gasteiger partial charge in [-0.25, -0.2) is 4.68 Å². The van der Waals surface area contributed by atoms with Crippen LogP contribution in [0, 0.1) is 6.92 Å². The molecule has 2 heterocycles. The van der Waals surface area contributed by atoms with Crippen molar-refractivity contribution in [1.29, 1.82) is 0 Å². The first-order valence-corrected chi connectivity index (χ1v) is 7.94. The molecule has 3 N–H and O–H groups in total. The van der Waals surface area contributed by atoms with Gasteiger partial charge in [0.15, 0.2) is 5.82 Å². The van der Waals surface area contributed by atoms with E-state index in [9.17, 15) is 4.79 Å². The maximum Gasteiger partial charge on any atom is 0.287 e. The lowest BCUT2D eigenvalue weighted by molar-refractivity contribution is 0.613. The second kappa shape index (κ2) is 7.04. The van der Waals surface area contributed by atoms with Crippen molar-refractivity contribution >= 4 is 40.8 Å². The van der Waals surface area contributed by atoms with Crippen molar-refractivity contribution in [3.8, 4) is 0 Å².